The number of aryl methyl sites for hydroxylation is 1. The number of amides is 1. The fraction of sp³-hybridized carbons (Fsp3) is 0.217. The summed E-state index contributed by atoms with van der Waals surface area (Å²) in [5.41, 5.74) is 2.37. The first-order valence-corrected chi connectivity index (χ1v) is 10.6. The number of aliphatic imine (C=N–C) groups is 1. The van der Waals surface area contributed by atoms with Crippen LogP contribution in [0.4, 0.5) is 5.69 Å². The van der Waals surface area contributed by atoms with Crippen LogP contribution in [0.3, 0.4) is 0 Å². The summed E-state index contributed by atoms with van der Waals surface area (Å²) in [4.78, 5) is 17.5. The highest BCUT2D eigenvalue weighted by atomic mass is 35.5. The van der Waals surface area contributed by atoms with Gasteiger partial charge >= 0.3 is 0 Å². The first kappa shape index (κ1) is 22.6. The number of terminal acetylenes is 1. The molecule has 0 atom stereocenters. The number of rotatable bonds is 7. The van der Waals surface area contributed by atoms with E-state index < -0.39 is 0 Å². The molecule has 1 saturated heterocycles. The number of hydrogen-bond acceptors (Lipinski definition) is 6. The molecule has 1 N–H and O–H groups in total. The maximum atomic E-state index is 12.5. The van der Waals surface area contributed by atoms with Gasteiger partial charge in [0, 0.05) is 0 Å². The van der Waals surface area contributed by atoms with Crippen molar-refractivity contribution in [1.82, 2.24) is 5.32 Å². The van der Waals surface area contributed by atoms with E-state index in [-0.39, 0.29) is 12.5 Å². The molecule has 1 fully saturated rings. The van der Waals surface area contributed by atoms with E-state index >= 15 is 0 Å². The Labute approximate surface area is 190 Å². The summed E-state index contributed by atoms with van der Waals surface area (Å²) >= 11 is 7.59. The van der Waals surface area contributed by atoms with Gasteiger partial charge in [0.2, 0.25) is 0 Å². The number of hydrogen-bond donors (Lipinski definition) is 1. The zero-order valence-corrected chi connectivity index (χ0v) is 18.9. The molecule has 0 spiro atoms. The topological polar surface area (TPSA) is 69.2 Å². The molecular formula is C23H21ClN2O4S. The first-order chi connectivity index (χ1) is 14.9. The van der Waals surface area contributed by atoms with Gasteiger partial charge in [0.25, 0.3) is 5.91 Å². The summed E-state index contributed by atoms with van der Waals surface area (Å²) in [5.74, 6) is 3.61. The third-order valence-corrected chi connectivity index (χ3v) is 5.33. The van der Waals surface area contributed by atoms with E-state index in [1.165, 1.54) is 11.8 Å². The summed E-state index contributed by atoms with van der Waals surface area (Å²) in [6, 6.07) is 9.11. The average Bonchev–Trinajstić information content (AvgIpc) is 3.06. The summed E-state index contributed by atoms with van der Waals surface area (Å²) in [6.07, 6.45) is 6.98. The van der Waals surface area contributed by atoms with Crippen molar-refractivity contribution < 1.29 is 19.0 Å². The van der Waals surface area contributed by atoms with Crippen LogP contribution in [0.1, 0.15) is 18.1 Å². The van der Waals surface area contributed by atoms with Crippen LogP contribution in [0.5, 0.6) is 17.2 Å². The number of carbonyl (C=O) groups is 1. The van der Waals surface area contributed by atoms with E-state index in [2.05, 4.69) is 16.2 Å². The molecule has 31 heavy (non-hydrogen) atoms. The predicted molar refractivity (Wildman–Crippen MR) is 125 cm³/mol. The Bertz CT molecular complexity index is 1110. The van der Waals surface area contributed by atoms with Gasteiger partial charge in [-0.25, -0.2) is 4.99 Å². The quantitative estimate of drug-likeness (QED) is 0.471. The molecule has 2 aromatic rings. The molecule has 0 aliphatic carbocycles. The molecule has 2 aromatic carbocycles. The average molecular weight is 457 g/mol. The highest BCUT2D eigenvalue weighted by molar-refractivity contribution is 8.18. The zero-order chi connectivity index (χ0) is 22.4. The second-order valence-electron chi connectivity index (χ2n) is 6.41. The van der Waals surface area contributed by atoms with E-state index in [9.17, 15) is 4.79 Å². The molecule has 0 radical (unpaired) electrons. The molecule has 1 heterocycles. The number of benzene rings is 2. The Morgan fingerprint density at radius 2 is 2.06 bits per heavy atom. The van der Waals surface area contributed by atoms with Crippen molar-refractivity contribution in [1.29, 1.82) is 0 Å². The Morgan fingerprint density at radius 1 is 1.26 bits per heavy atom. The van der Waals surface area contributed by atoms with Crippen LogP contribution < -0.4 is 19.5 Å². The Morgan fingerprint density at radius 3 is 2.77 bits per heavy atom. The van der Waals surface area contributed by atoms with Crippen molar-refractivity contribution in [3.63, 3.8) is 0 Å². The van der Waals surface area contributed by atoms with Gasteiger partial charge in [-0.1, -0.05) is 23.6 Å². The molecule has 0 bridgehead atoms. The third kappa shape index (κ3) is 5.54. The maximum absolute atomic E-state index is 12.5. The van der Waals surface area contributed by atoms with E-state index in [1.807, 2.05) is 32.0 Å². The summed E-state index contributed by atoms with van der Waals surface area (Å²) in [6.45, 7) is 4.31. The van der Waals surface area contributed by atoms with E-state index in [0.29, 0.717) is 50.2 Å². The van der Waals surface area contributed by atoms with Gasteiger partial charge in [-0.15, -0.1) is 6.42 Å². The van der Waals surface area contributed by atoms with E-state index in [0.717, 1.165) is 5.56 Å². The normalized spacial score (nSPS) is 15.6. The van der Waals surface area contributed by atoms with Gasteiger partial charge in [0.1, 0.15) is 18.0 Å². The minimum Gasteiger partial charge on any atom is -0.494 e. The number of nitrogens with zero attached hydrogens (tertiary/aromatic N) is 1. The van der Waals surface area contributed by atoms with Crippen molar-refractivity contribution in [2.24, 2.45) is 4.99 Å². The minimum absolute atomic E-state index is 0.0702. The highest BCUT2D eigenvalue weighted by Crippen LogP contribution is 2.38. The largest absolute Gasteiger partial charge is 0.494 e. The van der Waals surface area contributed by atoms with Gasteiger partial charge in [-0.05, 0) is 67.1 Å². The van der Waals surface area contributed by atoms with Crippen LogP contribution in [0.15, 0.2) is 40.2 Å². The van der Waals surface area contributed by atoms with Crippen molar-refractivity contribution in [2.45, 2.75) is 13.8 Å². The summed E-state index contributed by atoms with van der Waals surface area (Å²) in [5, 5.41) is 3.58. The number of thioether (sulfide) groups is 1. The SMILES string of the molecule is C#CCOc1c(Cl)cc(/C=C2\SC(=Nc3cc(C)ccc3OC)NC2=O)cc1OCC. The van der Waals surface area contributed by atoms with Crippen LogP contribution in [0.25, 0.3) is 6.08 Å². The Kier molecular flexibility index (Phi) is 7.50. The second kappa shape index (κ2) is 10.3. The first-order valence-electron chi connectivity index (χ1n) is 9.42. The predicted octanol–water partition coefficient (Wildman–Crippen LogP) is 4.96. The molecule has 1 amide bonds. The van der Waals surface area contributed by atoms with Crippen LogP contribution in [-0.2, 0) is 4.79 Å². The lowest BCUT2D eigenvalue weighted by Gasteiger charge is -2.13. The smallest absolute Gasteiger partial charge is 0.264 e. The monoisotopic (exact) mass is 456 g/mol. The molecular weight excluding hydrogens is 436 g/mol. The molecule has 0 aromatic heterocycles. The van der Waals surface area contributed by atoms with Crippen LogP contribution >= 0.6 is 23.4 Å². The highest BCUT2D eigenvalue weighted by Gasteiger charge is 2.25. The Hall–Kier alpha value is -3.08. The summed E-state index contributed by atoms with van der Waals surface area (Å²) in [7, 11) is 1.58. The fourth-order valence-corrected chi connectivity index (χ4v) is 3.93. The second-order valence-corrected chi connectivity index (χ2v) is 7.85. The third-order valence-electron chi connectivity index (χ3n) is 4.14. The van der Waals surface area contributed by atoms with Gasteiger partial charge in [-0.3, -0.25) is 4.79 Å². The van der Waals surface area contributed by atoms with Gasteiger partial charge in [0.05, 0.1) is 23.6 Å². The molecule has 6 nitrogen and oxygen atoms in total. The lowest BCUT2D eigenvalue weighted by molar-refractivity contribution is -0.115. The van der Waals surface area contributed by atoms with Crippen molar-refractivity contribution >= 4 is 46.2 Å². The van der Waals surface area contributed by atoms with Crippen molar-refractivity contribution in [2.75, 3.05) is 20.3 Å². The number of ether oxygens (including phenoxy) is 3. The number of halogens is 1. The van der Waals surface area contributed by atoms with Crippen molar-refractivity contribution in [3.8, 4) is 29.6 Å². The van der Waals surface area contributed by atoms with Crippen molar-refractivity contribution in [3.05, 3.63) is 51.4 Å². The number of nitrogens with one attached hydrogen (secondary N) is 1. The molecule has 1 aliphatic rings. The zero-order valence-electron chi connectivity index (χ0n) is 17.3. The molecule has 0 saturated carbocycles. The molecule has 160 valence electrons. The van der Waals surface area contributed by atoms with Crippen LogP contribution in [0, 0.1) is 19.3 Å². The van der Waals surface area contributed by atoms with E-state index in [1.54, 1.807) is 25.3 Å². The number of carbonyl (C=O) groups excluding carboxylic acids is 1. The Balaban J connectivity index is 1.90. The van der Waals surface area contributed by atoms with Crippen LogP contribution in [0.2, 0.25) is 5.02 Å². The van der Waals surface area contributed by atoms with Gasteiger partial charge in [0.15, 0.2) is 16.7 Å². The summed E-state index contributed by atoms with van der Waals surface area (Å²) < 4.78 is 16.5. The fourth-order valence-electron chi connectivity index (χ4n) is 2.82. The number of methoxy groups -OCH3 is 1. The van der Waals surface area contributed by atoms with E-state index in [4.69, 9.17) is 32.2 Å². The molecule has 3 rings (SSSR count). The number of amidine groups is 1. The lowest BCUT2D eigenvalue weighted by atomic mass is 10.2. The molecule has 0 unspecified atom stereocenters. The minimum atomic E-state index is -0.253. The lowest BCUT2D eigenvalue weighted by Crippen LogP contribution is -2.19. The molecule has 8 heteroatoms. The maximum Gasteiger partial charge on any atom is 0.264 e. The van der Waals surface area contributed by atoms with Crippen LogP contribution in [-0.4, -0.2) is 31.4 Å². The molecule has 1 aliphatic heterocycles. The van der Waals surface area contributed by atoms with Gasteiger partial charge < -0.3 is 19.5 Å². The standard InChI is InChI=1S/C23H21ClN2O4S/c1-5-9-30-21-16(24)11-15(12-19(21)29-6-2)13-20-22(27)26-23(31-20)25-17-10-14(3)7-8-18(17)28-4/h1,7-8,10-13H,6,9H2,2-4H3,(H,25,26,27)/b20-13-. The van der Waals surface area contributed by atoms with Gasteiger partial charge in [-0.2, -0.15) is 0 Å².